The van der Waals surface area contributed by atoms with E-state index in [4.69, 9.17) is 5.73 Å². The van der Waals surface area contributed by atoms with Gasteiger partial charge in [-0.15, -0.1) is 11.3 Å². The van der Waals surface area contributed by atoms with E-state index in [-0.39, 0.29) is 0 Å². The van der Waals surface area contributed by atoms with Gasteiger partial charge in [0.15, 0.2) is 0 Å². The number of nitrogens with zero attached hydrogens (tertiary/aromatic N) is 2. The summed E-state index contributed by atoms with van der Waals surface area (Å²) >= 11 is 1.72. The predicted molar refractivity (Wildman–Crippen MR) is 96.2 cm³/mol. The van der Waals surface area contributed by atoms with Crippen LogP contribution in [0.15, 0.2) is 54.7 Å². The molecule has 0 unspecified atom stereocenters. The van der Waals surface area contributed by atoms with Gasteiger partial charge in [0.05, 0.1) is 10.7 Å². The lowest BCUT2D eigenvalue weighted by atomic mass is 10.00. The van der Waals surface area contributed by atoms with Crippen molar-refractivity contribution in [2.75, 3.05) is 12.3 Å². The second-order valence-corrected chi connectivity index (χ2v) is 7.04. The van der Waals surface area contributed by atoms with Crippen LogP contribution in [0, 0.1) is 0 Å². The average molecular weight is 321 g/mol. The smallest absolute Gasteiger partial charge is 0.0958 e. The summed E-state index contributed by atoms with van der Waals surface area (Å²) in [7, 11) is 0. The first-order chi connectivity index (χ1) is 11.3. The summed E-state index contributed by atoms with van der Waals surface area (Å²) in [5, 5.41) is 0.898. The van der Waals surface area contributed by atoms with E-state index in [1.807, 2.05) is 18.3 Å². The highest BCUT2D eigenvalue weighted by atomic mass is 32.1. The minimum absolute atomic E-state index is 0.898. The molecule has 0 amide bonds. The van der Waals surface area contributed by atoms with E-state index in [0.717, 1.165) is 42.3 Å². The number of hydrogen-bond donors (Lipinski definition) is 1. The molecule has 1 aliphatic rings. The van der Waals surface area contributed by atoms with Gasteiger partial charge in [-0.1, -0.05) is 36.4 Å². The molecule has 4 rings (SSSR count). The van der Waals surface area contributed by atoms with E-state index in [9.17, 15) is 0 Å². The average Bonchev–Trinajstić information content (AvgIpc) is 2.91. The molecule has 0 atom stereocenters. The normalized spacial score (nSPS) is 14.6. The molecule has 0 spiro atoms. The molecule has 3 heterocycles. The molecule has 23 heavy (non-hydrogen) atoms. The highest BCUT2D eigenvalue weighted by molar-refractivity contribution is 7.16. The number of thiophene rings is 1. The van der Waals surface area contributed by atoms with Gasteiger partial charge < -0.3 is 5.73 Å². The van der Waals surface area contributed by atoms with E-state index < -0.39 is 0 Å². The minimum atomic E-state index is 0.898. The zero-order chi connectivity index (χ0) is 15.6. The zero-order valence-electron chi connectivity index (χ0n) is 12.9. The SMILES string of the molecule is Nc1sc2c(c1-c1ccccn1)CCN(Cc1ccccc1)C2. The molecular formula is C19H19N3S. The molecule has 4 heteroatoms. The van der Waals surface area contributed by atoms with Gasteiger partial charge in [0.25, 0.3) is 0 Å². The van der Waals surface area contributed by atoms with Crippen LogP contribution in [0.25, 0.3) is 11.3 Å². The van der Waals surface area contributed by atoms with Crippen molar-refractivity contribution < 1.29 is 0 Å². The van der Waals surface area contributed by atoms with Crippen molar-refractivity contribution in [1.29, 1.82) is 0 Å². The summed E-state index contributed by atoms with van der Waals surface area (Å²) < 4.78 is 0. The van der Waals surface area contributed by atoms with Crippen LogP contribution < -0.4 is 5.73 Å². The van der Waals surface area contributed by atoms with Crippen molar-refractivity contribution in [2.45, 2.75) is 19.5 Å². The van der Waals surface area contributed by atoms with E-state index in [1.54, 1.807) is 11.3 Å². The lowest BCUT2D eigenvalue weighted by Crippen LogP contribution is -2.29. The van der Waals surface area contributed by atoms with Crippen LogP contribution in [-0.4, -0.2) is 16.4 Å². The predicted octanol–water partition coefficient (Wildman–Crippen LogP) is 3.95. The molecule has 116 valence electrons. The quantitative estimate of drug-likeness (QED) is 0.794. The van der Waals surface area contributed by atoms with Gasteiger partial charge in [0.2, 0.25) is 0 Å². The third-order valence-electron chi connectivity index (χ3n) is 4.33. The van der Waals surface area contributed by atoms with Crippen LogP contribution in [0.2, 0.25) is 0 Å². The van der Waals surface area contributed by atoms with Crippen molar-refractivity contribution in [3.8, 4) is 11.3 Å². The molecular weight excluding hydrogens is 302 g/mol. The minimum Gasteiger partial charge on any atom is -0.390 e. The van der Waals surface area contributed by atoms with Gasteiger partial charge in [-0.05, 0) is 29.7 Å². The third-order valence-corrected chi connectivity index (χ3v) is 5.38. The Hall–Kier alpha value is -2.17. The summed E-state index contributed by atoms with van der Waals surface area (Å²) in [6.07, 6.45) is 2.88. The fourth-order valence-corrected chi connectivity index (χ4v) is 4.42. The van der Waals surface area contributed by atoms with Crippen LogP contribution in [0.3, 0.4) is 0 Å². The molecule has 0 bridgehead atoms. The van der Waals surface area contributed by atoms with Crippen LogP contribution in [0.5, 0.6) is 0 Å². The Morgan fingerprint density at radius 3 is 2.70 bits per heavy atom. The van der Waals surface area contributed by atoms with E-state index in [2.05, 4.69) is 46.3 Å². The number of fused-ring (bicyclic) bond motifs is 1. The van der Waals surface area contributed by atoms with E-state index in [0.29, 0.717) is 0 Å². The number of hydrogen-bond acceptors (Lipinski definition) is 4. The fourth-order valence-electron chi connectivity index (χ4n) is 3.25. The second-order valence-electron chi connectivity index (χ2n) is 5.90. The third kappa shape index (κ3) is 2.87. The lowest BCUT2D eigenvalue weighted by molar-refractivity contribution is 0.249. The highest BCUT2D eigenvalue weighted by Crippen LogP contribution is 2.41. The number of rotatable bonds is 3. The van der Waals surface area contributed by atoms with Crippen LogP contribution in [-0.2, 0) is 19.5 Å². The van der Waals surface area contributed by atoms with Crippen molar-refractivity contribution >= 4 is 16.3 Å². The molecule has 3 aromatic rings. The molecule has 0 radical (unpaired) electrons. The standard InChI is InChI=1S/C19H19N3S/c20-19-18(16-8-4-5-10-21-16)15-9-11-22(13-17(15)23-19)12-14-6-2-1-3-7-14/h1-8,10H,9,11-13,20H2. The molecule has 2 N–H and O–H groups in total. The zero-order valence-corrected chi connectivity index (χ0v) is 13.7. The van der Waals surface area contributed by atoms with Gasteiger partial charge in [-0.2, -0.15) is 0 Å². The van der Waals surface area contributed by atoms with Gasteiger partial charge in [-0.25, -0.2) is 0 Å². The number of pyridine rings is 1. The van der Waals surface area contributed by atoms with Crippen molar-refractivity contribution in [3.05, 3.63) is 70.7 Å². The number of aromatic nitrogens is 1. The Bertz CT molecular complexity index is 796. The molecule has 0 fully saturated rings. The Morgan fingerprint density at radius 1 is 1.09 bits per heavy atom. The molecule has 0 saturated carbocycles. The molecule has 1 aliphatic heterocycles. The molecule has 1 aromatic carbocycles. The van der Waals surface area contributed by atoms with Crippen molar-refractivity contribution in [3.63, 3.8) is 0 Å². The second kappa shape index (κ2) is 6.14. The number of anilines is 1. The number of nitrogen functional groups attached to an aromatic ring is 1. The Balaban J connectivity index is 1.60. The largest absolute Gasteiger partial charge is 0.390 e. The van der Waals surface area contributed by atoms with Crippen LogP contribution in [0.4, 0.5) is 5.00 Å². The number of nitrogens with two attached hydrogens (primary N) is 1. The highest BCUT2D eigenvalue weighted by Gasteiger charge is 2.24. The maximum Gasteiger partial charge on any atom is 0.0958 e. The maximum atomic E-state index is 6.31. The number of benzene rings is 1. The topological polar surface area (TPSA) is 42.1 Å². The van der Waals surface area contributed by atoms with Gasteiger partial charge in [0, 0.05) is 36.3 Å². The Kier molecular flexibility index (Phi) is 3.85. The van der Waals surface area contributed by atoms with Crippen molar-refractivity contribution in [1.82, 2.24) is 9.88 Å². The molecule has 3 nitrogen and oxygen atoms in total. The first kappa shape index (κ1) is 14.4. The fraction of sp³-hybridized carbons (Fsp3) is 0.211. The van der Waals surface area contributed by atoms with Crippen molar-refractivity contribution in [2.24, 2.45) is 0 Å². The van der Waals surface area contributed by atoms with E-state index in [1.165, 1.54) is 16.0 Å². The Labute approximate surface area is 140 Å². The van der Waals surface area contributed by atoms with Crippen LogP contribution >= 0.6 is 11.3 Å². The molecule has 0 saturated heterocycles. The van der Waals surface area contributed by atoms with Crippen LogP contribution in [0.1, 0.15) is 16.0 Å². The maximum absolute atomic E-state index is 6.31. The van der Waals surface area contributed by atoms with Gasteiger partial charge in [0.1, 0.15) is 0 Å². The summed E-state index contributed by atoms with van der Waals surface area (Å²) in [6, 6.07) is 16.7. The van der Waals surface area contributed by atoms with Gasteiger partial charge in [-0.3, -0.25) is 9.88 Å². The van der Waals surface area contributed by atoms with E-state index >= 15 is 0 Å². The summed E-state index contributed by atoms with van der Waals surface area (Å²) in [5.41, 5.74) is 11.2. The lowest BCUT2D eigenvalue weighted by Gasteiger charge is -2.27. The monoisotopic (exact) mass is 321 g/mol. The first-order valence-corrected chi connectivity index (χ1v) is 8.70. The molecule has 2 aromatic heterocycles. The van der Waals surface area contributed by atoms with Gasteiger partial charge >= 0.3 is 0 Å². The summed E-state index contributed by atoms with van der Waals surface area (Å²) in [6.45, 7) is 3.04. The molecule has 0 aliphatic carbocycles. The Morgan fingerprint density at radius 2 is 1.91 bits per heavy atom. The summed E-state index contributed by atoms with van der Waals surface area (Å²) in [5.74, 6) is 0. The first-order valence-electron chi connectivity index (χ1n) is 7.89. The summed E-state index contributed by atoms with van der Waals surface area (Å²) in [4.78, 5) is 8.38.